The molecule has 86 valence electrons. The van der Waals surface area contributed by atoms with Crippen LogP contribution in [0.4, 0.5) is 0 Å². The van der Waals surface area contributed by atoms with Crippen LogP contribution in [0.3, 0.4) is 0 Å². The maximum Gasteiger partial charge on any atom is 0.331 e. The Morgan fingerprint density at radius 3 is 2.38 bits per heavy atom. The van der Waals surface area contributed by atoms with Gasteiger partial charge in [0.25, 0.3) is 0 Å². The van der Waals surface area contributed by atoms with Crippen LogP contribution in [0, 0.1) is 13.8 Å². The molecule has 1 rings (SSSR count). The molecule has 0 aliphatic carbocycles. The Bertz CT molecular complexity index is 445. The van der Waals surface area contributed by atoms with Crippen molar-refractivity contribution >= 4 is 12.0 Å². The maximum absolute atomic E-state index is 10.7. The standard InChI is InChI=1S/C13H16O3/c1-8-5-11(6-10(3)13(14)15)12(16-4)7-9(8)2/h5-7H,1-4H3,(H,14,15)/b10-6+. The van der Waals surface area contributed by atoms with Crippen LogP contribution in [-0.4, -0.2) is 18.2 Å². The van der Waals surface area contributed by atoms with E-state index in [1.807, 2.05) is 26.0 Å². The molecule has 1 aromatic rings. The van der Waals surface area contributed by atoms with Gasteiger partial charge >= 0.3 is 5.97 Å². The number of benzene rings is 1. The number of carbonyl (C=O) groups is 1. The van der Waals surface area contributed by atoms with E-state index in [0.29, 0.717) is 11.3 Å². The average molecular weight is 220 g/mol. The molecule has 0 saturated heterocycles. The van der Waals surface area contributed by atoms with Crippen molar-refractivity contribution in [3.63, 3.8) is 0 Å². The number of carboxylic acid groups (broad SMARTS) is 1. The van der Waals surface area contributed by atoms with Crippen molar-refractivity contribution in [1.82, 2.24) is 0 Å². The van der Waals surface area contributed by atoms with Crippen molar-refractivity contribution in [3.05, 3.63) is 34.4 Å². The number of aryl methyl sites for hydroxylation is 2. The lowest BCUT2D eigenvalue weighted by molar-refractivity contribution is -0.132. The molecule has 0 aromatic heterocycles. The predicted molar refractivity (Wildman–Crippen MR) is 63.8 cm³/mol. The first-order chi connectivity index (χ1) is 7.45. The Hall–Kier alpha value is -1.77. The van der Waals surface area contributed by atoms with E-state index in [1.165, 1.54) is 0 Å². The average Bonchev–Trinajstić information content (AvgIpc) is 2.22. The molecule has 1 aromatic carbocycles. The zero-order valence-corrected chi connectivity index (χ0v) is 10.00. The normalized spacial score (nSPS) is 11.4. The van der Waals surface area contributed by atoms with Gasteiger partial charge in [-0.05, 0) is 50.1 Å². The summed E-state index contributed by atoms with van der Waals surface area (Å²) in [5.74, 6) is -0.219. The number of aliphatic carboxylic acids is 1. The van der Waals surface area contributed by atoms with Crippen molar-refractivity contribution in [1.29, 1.82) is 0 Å². The van der Waals surface area contributed by atoms with E-state index in [4.69, 9.17) is 9.84 Å². The van der Waals surface area contributed by atoms with Crippen molar-refractivity contribution in [2.45, 2.75) is 20.8 Å². The summed E-state index contributed by atoms with van der Waals surface area (Å²) in [6.45, 7) is 5.55. The van der Waals surface area contributed by atoms with Gasteiger partial charge in [-0.3, -0.25) is 0 Å². The van der Waals surface area contributed by atoms with Gasteiger partial charge in [-0.15, -0.1) is 0 Å². The minimum Gasteiger partial charge on any atom is -0.496 e. The molecule has 0 unspecified atom stereocenters. The van der Waals surface area contributed by atoms with E-state index in [-0.39, 0.29) is 0 Å². The Balaban J connectivity index is 3.27. The molecule has 0 bridgehead atoms. The maximum atomic E-state index is 10.7. The molecule has 0 fully saturated rings. The molecular formula is C13H16O3. The molecule has 3 heteroatoms. The van der Waals surface area contributed by atoms with Gasteiger partial charge in [0.05, 0.1) is 7.11 Å². The summed E-state index contributed by atoms with van der Waals surface area (Å²) in [6.07, 6.45) is 1.62. The fourth-order valence-corrected chi connectivity index (χ4v) is 1.40. The quantitative estimate of drug-likeness (QED) is 0.797. The number of carboxylic acids is 1. The molecule has 0 amide bonds. The summed E-state index contributed by atoms with van der Waals surface area (Å²) < 4.78 is 5.22. The highest BCUT2D eigenvalue weighted by Crippen LogP contribution is 2.25. The lowest BCUT2D eigenvalue weighted by Gasteiger charge is -2.09. The van der Waals surface area contributed by atoms with Crippen LogP contribution in [0.1, 0.15) is 23.6 Å². The summed E-state index contributed by atoms with van der Waals surface area (Å²) in [7, 11) is 1.58. The smallest absolute Gasteiger partial charge is 0.331 e. The van der Waals surface area contributed by atoms with Crippen LogP contribution in [-0.2, 0) is 4.79 Å². The second-order valence-corrected chi connectivity index (χ2v) is 3.81. The largest absolute Gasteiger partial charge is 0.496 e. The zero-order chi connectivity index (χ0) is 12.3. The third-order valence-corrected chi connectivity index (χ3v) is 2.56. The first-order valence-electron chi connectivity index (χ1n) is 5.02. The van der Waals surface area contributed by atoms with E-state index in [2.05, 4.69) is 0 Å². The number of hydrogen-bond donors (Lipinski definition) is 1. The minimum absolute atomic E-state index is 0.293. The van der Waals surface area contributed by atoms with Gasteiger partial charge in [0, 0.05) is 11.1 Å². The van der Waals surface area contributed by atoms with Gasteiger partial charge in [0.15, 0.2) is 0 Å². The highest BCUT2D eigenvalue weighted by atomic mass is 16.5. The third kappa shape index (κ3) is 2.63. The van der Waals surface area contributed by atoms with Gasteiger partial charge in [0.1, 0.15) is 5.75 Å². The van der Waals surface area contributed by atoms with E-state index in [0.717, 1.165) is 16.7 Å². The van der Waals surface area contributed by atoms with Gasteiger partial charge < -0.3 is 9.84 Å². The van der Waals surface area contributed by atoms with Crippen molar-refractivity contribution < 1.29 is 14.6 Å². The molecule has 0 aliphatic rings. The summed E-state index contributed by atoms with van der Waals surface area (Å²) >= 11 is 0. The van der Waals surface area contributed by atoms with E-state index < -0.39 is 5.97 Å². The molecule has 0 aliphatic heterocycles. The molecule has 0 spiro atoms. The first kappa shape index (κ1) is 12.3. The van der Waals surface area contributed by atoms with Gasteiger partial charge in [-0.25, -0.2) is 4.79 Å². The SMILES string of the molecule is COc1cc(C)c(C)cc1/C=C(\C)C(=O)O. The second-order valence-electron chi connectivity index (χ2n) is 3.81. The zero-order valence-electron chi connectivity index (χ0n) is 10.00. The van der Waals surface area contributed by atoms with Gasteiger partial charge in [-0.1, -0.05) is 0 Å². The van der Waals surface area contributed by atoms with Crippen LogP contribution >= 0.6 is 0 Å². The molecule has 16 heavy (non-hydrogen) atoms. The summed E-state index contributed by atoms with van der Waals surface area (Å²) in [5.41, 5.74) is 3.33. The molecule has 0 heterocycles. The van der Waals surface area contributed by atoms with Crippen LogP contribution in [0.25, 0.3) is 6.08 Å². The Kier molecular flexibility index (Phi) is 3.72. The Labute approximate surface area is 95.4 Å². The Morgan fingerprint density at radius 1 is 1.31 bits per heavy atom. The fourth-order valence-electron chi connectivity index (χ4n) is 1.40. The monoisotopic (exact) mass is 220 g/mol. The molecule has 0 radical (unpaired) electrons. The Morgan fingerprint density at radius 2 is 1.88 bits per heavy atom. The van der Waals surface area contributed by atoms with Crippen LogP contribution < -0.4 is 4.74 Å². The van der Waals surface area contributed by atoms with Crippen LogP contribution in [0.2, 0.25) is 0 Å². The van der Waals surface area contributed by atoms with Crippen LogP contribution in [0.15, 0.2) is 17.7 Å². The number of methoxy groups -OCH3 is 1. The first-order valence-corrected chi connectivity index (χ1v) is 5.02. The topological polar surface area (TPSA) is 46.5 Å². The molecule has 0 saturated carbocycles. The second kappa shape index (κ2) is 4.84. The highest BCUT2D eigenvalue weighted by molar-refractivity contribution is 5.92. The molecule has 0 atom stereocenters. The molecule has 1 N–H and O–H groups in total. The van der Waals surface area contributed by atoms with E-state index in [1.54, 1.807) is 20.1 Å². The van der Waals surface area contributed by atoms with Crippen molar-refractivity contribution in [3.8, 4) is 5.75 Å². The summed E-state index contributed by atoms with van der Waals surface area (Å²) in [4.78, 5) is 10.7. The van der Waals surface area contributed by atoms with E-state index >= 15 is 0 Å². The van der Waals surface area contributed by atoms with Gasteiger partial charge in [0.2, 0.25) is 0 Å². The number of rotatable bonds is 3. The lowest BCUT2D eigenvalue weighted by atomic mass is 10.0. The minimum atomic E-state index is -0.916. The summed E-state index contributed by atoms with van der Waals surface area (Å²) in [5, 5.41) is 8.82. The summed E-state index contributed by atoms with van der Waals surface area (Å²) in [6, 6.07) is 3.84. The lowest BCUT2D eigenvalue weighted by Crippen LogP contribution is -1.97. The number of ether oxygens (including phenoxy) is 1. The third-order valence-electron chi connectivity index (χ3n) is 2.56. The van der Waals surface area contributed by atoms with Crippen LogP contribution in [0.5, 0.6) is 5.75 Å². The molecule has 3 nitrogen and oxygen atoms in total. The van der Waals surface area contributed by atoms with Crippen molar-refractivity contribution in [2.24, 2.45) is 0 Å². The number of hydrogen-bond acceptors (Lipinski definition) is 2. The van der Waals surface area contributed by atoms with Crippen molar-refractivity contribution in [2.75, 3.05) is 7.11 Å². The fraction of sp³-hybridized carbons (Fsp3) is 0.308. The predicted octanol–water partition coefficient (Wildman–Crippen LogP) is 2.80. The highest BCUT2D eigenvalue weighted by Gasteiger charge is 2.06. The molecular weight excluding hydrogens is 204 g/mol. The van der Waals surface area contributed by atoms with E-state index in [9.17, 15) is 4.79 Å². The van der Waals surface area contributed by atoms with Gasteiger partial charge in [-0.2, -0.15) is 0 Å².